The van der Waals surface area contributed by atoms with Gasteiger partial charge in [-0.15, -0.1) is 0 Å². The van der Waals surface area contributed by atoms with Crippen molar-refractivity contribution in [3.63, 3.8) is 0 Å². The molecule has 0 atom stereocenters. The van der Waals surface area contributed by atoms with Gasteiger partial charge in [0.25, 0.3) is 0 Å². The van der Waals surface area contributed by atoms with Gasteiger partial charge in [-0.3, -0.25) is 4.90 Å². The first-order chi connectivity index (χ1) is 7.15. The Morgan fingerprint density at radius 2 is 2.07 bits per heavy atom. The van der Waals surface area contributed by atoms with Crippen LogP contribution >= 0.6 is 0 Å². The first-order valence-corrected chi connectivity index (χ1v) is 5.56. The van der Waals surface area contributed by atoms with Crippen LogP contribution in [-0.2, 0) is 6.54 Å². The Kier molecular flexibility index (Phi) is 3.07. The first-order valence-electron chi connectivity index (χ1n) is 5.56. The van der Waals surface area contributed by atoms with Gasteiger partial charge >= 0.3 is 0 Å². The van der Waals surface area contributed by atoms with Crippen LogP contribution in [0.3, 0.4) is 0 Å². The van der Waals surface area contributed by atoms with Gasteiger partial charge in [0.1, 0.15) is 5.76 Å². The number of hydrogen-bond acceptors (Lipinski definition) is 4. The number of rotatable bonds is 2. The minimum absolute atomic E-state index is 0.384. The highest BCUT2D eigenvalue weighted by molar-refractivity contribution is 5.05. The van der Waals surface area contributed by atoms with Crippen molar-refractivity contribution in [2.45, 2.75) is 39.3 Å². The second-order valence-corrected chi connectivity index (χ2v) is 4.36. The Balaban J connectivity index is 1.91. The van der Waals surface area contributed by atoms with Crippen LogP contribution in [0.5, 0.6) is 0 Å². The summed E-state index contributed by atoms with van der Waals surface area (Å²) in [5.41, 5.74) is 6.85. The maximum absolute atomic E-state index is 5.85. The molecule has 84 valence electrons. The van der Waals surface area contributed by atoms with E-state index in [0.29, 0.717) is 6.04 Å². The Hall–Kier alpha value is -0.870. The zero-order valence-corrected chi connectivity index (χ0v) is 9.49. The van der Waals surface area contributed by atoms with Crippen molar-refractivity contribution in [3.05, 3.63) is 17.3 Å². The van der Waals surface area contributed by atoms with E-state index in [0.717, 1.165) is 49.8 Å². The van der Waals surface area contributed by atoms with Gasteiger partial charge in [0.15, 0.2) is 0 Å². The largest absolute Gasteiger partial charge is 0.444 e. The van der Waals surface area contributed by atoms with Crippen molar-refractivity contribution in [3.8, 4) is 0 Å². The fourth-order valence-corrected chi connectivity index (χ4v) is 1.91. The average molecular weight is 209 g/mol. The molecule has 1 aliphatic rings. The van der Waals surface area contributed by atoms with Crippen molar-refractivity contribution >= 4 is 0 Å². The fourth-order valence-electron chi connectivity index (χ4n) is 1.91. The molecule has 1 aromatic heterocycles. The van der Waals surface area contributed by atoms with E-state index in [2.05, 4.69) is 9.88 Å². The quantitative estimate of drug-likeness (QED) is 0.795. The van der Waals surface area contributed by atoms with Crippen molar-refractivity contribution < 1.29 is 4.42 Å². The Morgan fingerprint density at radius 3 is 2.60 bits per heavy atom. The second kappa shape index (κ2) is 4.33. The summed E-state index contributed by atoms with van der Waals surface area (Å²) in [6.45, 7) is 6.87. The van der Waals surface area contributed by atoms with E-state index in [4.69, 9.17) is 10.2 Å². The van der Waals surface area contributed by atoms with Gasteiger partial charge in [0, 0.05) is 19.1 Å². The normalized spacial score (nSPS) is 19.7. The van der Waals surface area contributed by atoms with Gasteiger partial charge < -0.3 is 10.2 Å². The molecule has 0 aromatic carbocycles. The fraction of sp³-hybridized carbons (Fsp3) is 0.727. The standard InChI is InChI=1S/C11H19N3O/c1-8-9(2)15-11(13-8)7-14-5-3-10(12)4-6-14/h10H,3-7,12H2,1-2H3. The molecular formula is C11H19N3O. The number of nitrogens with zero attached hydrogens (tertiary/aromatic N) is 2. The van der Waals surface area contributed by atoms with Crippen molar-refractivity contribution in [2.24, 2.45) is 5.73 Å². The molecule has 2 heterocycles. The average Bonchev–Trinajstić information content (AvgIpc) is 2.50. The first kappa shape index (κ1) is 10.6. The van der Waals surface area contributed by atoms with Crippen LogP contribution in [0.15, 0.2) is 4.42 Å². The topological polar surface area (TPSA) is 55.3 Å². The summed E-state index contributed by atoms with van der Waals surface area (Å²) in [4.78, 5) is 6.74. The highest BCUT2D eigenvalue weighted by atomic mass is 16.4. The smallest absolute Gasteiger partial charge is 0.208 e. The van der Waals surface area contributed by atoms with Gasteiger partial charge in [-0.25, -0.2) is 4.98 Å². The highest BCUT2D eigenvalue weighted by Crippen LogP contribution is 2.14. The summed E-state index contributed by atoms with van der Waals surface area (Å²) >= 11 is 0. The number of oxazole rings is 1. The van der Waals surface area contributed by atoms with Crippen molar-refractivity contribution in [1.82, 2.24) is 9.88 Å². The van der Waals surface area contributed by atoms with Crippen LogP contribution in [0.2, 0.25) is 0 Å². The second-order valence-electron chi connectivity index (χ2n) is 4.36. The third kappa shape index (κ3) is 2.58. The molecular weight excluding hydrogens is 190 g/mol. The summed E-state index contributed by atoms with van der Waals surface area (Å²) in [5, 5.41) is 0. The van der Waals surface area contributed by atoms with Gasteiger partial charge in [0.2, 0.25) is 5.89 Å². The Morgan fingerprint density at radius 1 is 1.40 bits per heavy atom. The number of aromatic nitrogens is 1. The van der Waals surface area contributed by atoms with E-state index in [1.807, 2.05) is 13.8 Å². The van der Waals surface area contributed by atoms with Crippen LogP contribution in [0.1, 0.15) is 30.2 Å². The minimum Gasteiger partial charge on any atom is -0.444 e. The molecule has 0 amide bonds. The maximum Gasteiger partial charge on any atom is 0.208 e. The third-order valence-corrected chi connectivity index (χ3v) is 3.06. The molecule has 1 saturated heterocycles. The number of nitrogens with two attached hydrogens (primary N) is 1. The lowest BCUT2D eigenvalue weighted by atomic mass is 10.1. The van der Waals surface area contributed by atoms with Crippen molar-refractivity contribution in [2.75, 3.05) is 13.1 Å². The van der Waals surface area contributed by atoms with Gasteiger partial charge in [-0.2, -0.15) is 0 Å². The molecule has 1 fully saturated rings. The molecule has 15 heavy (non-hydrogen) atoms. The number of hydrogen-bond donors (Lipinski definition) is 1. The third-order valence-electron chi connectivity index (χ3n) is 3.06. The number of likely N-dealkylation sites (tertiary alicyclic amines) is 1. The van der Waals surface area contributed by atoms with E-state index in [1.165, 1.54) is 0 Å². The van der Waals surface area contributed by atoms with E-state index in [-0.39, 0.29) is 0 Å². The molecule has 0 aliphatic carbocycles. The molecule has 2 rings (SSSR count). The Bertz CT molecular complexity index is 307. The summed E-state index contributed by atoms with van der Waals surface area (Å²) in [5.74, 6) is 1.76. The summed E-state index contributed by atoms with van der Waals surface area (Å²) in [6, 6.07) is 0.384. The van der Waals surface area contributed by atoms with Crippen LogP contribution in [0.4, 0.5) is 0 Å². The zero-order chi connectivity index (χ0) is 10.8. The van der Waals surface area contributed by atoms with Crippen LogP contribution in [-0.4, -0.2) is 29.0 Å². The summed E-state index contributed by atoms with van der Waals surface area (Å²) < 4.78 is 5.56. The van der Waals surface area contributed by atoms with E-state index < -0.39 is 0 Å². The molecule has 0 unspecified atom stereocenters. The zero-order valence-electron chi connectivity index (χ0n) is 9.49. The maximum atomic E-state index is 5.85. The van der Waals surface area contributed by atoms with Crippen LogP contribution in [0.25, 0.3) is 0 Å². The molecule has 4 heteroatoms. The summed E-state index contributed by atoms with van der Waals surface area (Å²) in [7, 11) is 0. The molecule has 0 spiro atoms. The molecule has 4 nitrogen and oxygen atoms in total. The highest BCUT2D eigenvalue weighted by Gasteiger charge is 2.18. The summed E-state index contributed by atoms with van der Waals surface area (Å²) in [6.07, 6.45) is 2.16. The number of piperidine rings is 1. The molecule has 0 saturated carbocycles. The van der Waals surface area contributed by atoms with E-state index >= 15 is 0 Å². The SMILES string of the molecule is Cc1nc(CN2CCC(N)CC2)oc1C. The molecule has 0 radical (unpaired) electrons. The number of aryl methyl sites for hydroxylation is 2. The monoisotopic (exact) mass is 209 g/mol. The minimum atomic E-state index is 0.384. The molecule has 2 N–H and O–H groups in total. The van der Waals surface area contributed by atoms with Gasteiger partial charge in [-0.1, -0.05) is 0 Å². The van der Waals surface area contributed by atoms with Gasteiger partial charge in [-0.05, 0) is 26.7 Å². The van der Waals surface area contributed by atoms with Gasteiger partial charge in [0.05, 0.1) is 12.2 Å². The lowest BCUT2D eigenvalue weighted by molar-refractivity contribution is 0.188. The molecule has 0 bridgehead atoms. The van der Waals surface area contributed by atoms with Crippen molar-refractivity contribution in [1.29, 1.82) is 0 Å². The van der Waals surface area contributed by atoms with E-state index in [1.54, 1.807) is 0 Å². The lowest BCUT2D eigenvalue weighted by Crippen LogP contribution is -2.39. The molecule has 1 aliphatic heterocycles. The predicted molar refractivity (Wildman–Crippen MR) is 58.5 cm³/mol. The predicted octanol–water partition coefficient (Wildman–Crippen LogP) is 1.21. The van der Waals surface area contributed by atoms with Crippen LogP contribution < -0.4 is 5.73 Å². The van der Waals surface area contributed by atoms with E-state index in [9.17, 15) is 0 Å². The van der Waals surface area contributed by atoms with Crippen LogP contribution in [0, 0.1) is 13.8 Å². The lowest BCUT2D eigenvalue weighted by Gasteiger charge is -2.28. The Labute approximate surface area is 90.5 Å². The molecule has 1 aromatic rings.